The molecule has 1 N–H and O–H groups in total. The average molecular weight is 301 g/mol. The van der Waals surface area contributed by atoms with Gasteiger partial charge in [0.2, 0.25) is 0 Å². The van der Waals surface area contributed by atoms with Gasteiger partial charge in [0.25, 0.3) is 5.91 Å². The van der Waals surface area contributed by atoms with E-state index in [9.17, 15) is 10.1 Å². The molecule has 2 aromatic rings. The van der Waals surface area contributed by atoms with Crippen molar-refractivity contribution in [1.29, 1.82) is 5.26 Å². The molecule has 0 saturated heterocycles. The summed E-state index contributed by atoms with van der Waals surface area (Å²) >= 11 is 1.51. The first-order valence-corrected chi connectivity index (χ1v) is 7.69. The lowest BCUT2D eigenvalue weighted by atomic mass is 9.89. The number of amides is 1. The van der Waals surface area contributed by atoms with Gasteiger partial charge in [0.1, 0.15) is 16.8 Å². The Bertz CT molecular complexity index is 739. The van der Waals surface area contributed by atoms with Crippen LogP contribution >= 0.6 is 11.3 Å². The summed E-state index contributed by atoms with van der Waals surface area (Å²) in [5.41, 5.74) is 1.94. The van der Waals surface area contributed by atoms with Crippen LogP contribution in [-0.2, 0) is 12.8 Å². The fraction of sp³-hybridized carbons (Fsp3) is 0.400. The van der Waals surface area contributed by atoms with Crippen molar-refractivity contribution in [1.82, 2.24) is 5.16 Å². The van der Waals surface area contributed by atoms with Crippen LogP contribution in [0.3, 0.4) is 0 Å². The van der Waals surface area contributed by atoms with E-state index in [4.69, 9.17) is 4.52 Å². The van der Waals surface area contributed by atoms with Crippen LogP contribution < -0.4 is 5.32 Å². The Morgan fingerprint density at radius 1 is 1.62 bits per heavy atom. The predicted molar refractivity (Wildman–Crippen MR) is 79.4 cm³/mol. The van der Waals surface area contributed by atoms with Gasteiger partial charge in [-0.25, -0.2) is 0 Å². The normalized spacial score (nSPS) is 17.1. The zero-order valence-corrected chi connectivity index (χ0v) is 12.7. The van der Waals surface area contributed by atoms with Gasteiger partial charge >= 0.3 is 0 Å². The Labute approximate surface area is 126 Å². The van der Waals surface area contributed by atoms with E-state index in [0.717, 1.165) is 24.8 Å². The molecule has 0 unspecified atom stereocenters. The minimum atomic E-state index is -0.338. The quantitative estimate of drug-likeness (QED) is 0.923. The highest BCUT2D eigenvalue weighted by molar-refractivity contribution is 7.16. The molecule has 1 atom stereocenters. The fourth-order valence-corrected chi connectivity index (χ4v) is 3.95. The van der Waals surface area contributed by atoms with Gasteiger partial charge < -0.3 is 9.84 Å². The van der Waals surface area contributed by atoms with E-state index in [-0.39, 0.29) is 11.6 Å². The molecule has 1 amide bonds. The lowest BCUT2D eigenvalue weighted by Crippen LogP contribution is -2.12. The van der Waals surface area contributed by atoms with E-state index in [1.165, 1.54) is 16.2 Å². The maximum Gasteiger partial charge on any atom is 0.278 e. The molecule has 0 radical (unpaired) electrons. The van der Waals surface area contributed by atoms with E-state index in [1.54, 1.807) is 13.0 Å². The SMILES string of the molecule is Cc1cc(C(=O)Nc2sc3c(c2C#N)CC[C@@H](C)C3)no1. The van der Waals surface area contributed by atoms with Gasteiger partial charge in [0.15, 0.2) is 5.69 Å². The van der Waals surface area contributed by atoms with Gasteiger partial charge in [-0.1, -0.05) is 12.1 Å². The minimum absolute atomic E-state index is 0.233. The van der Waals surface area contributed by atoms with Gasteiger partial charge in [-0.3, -0.25) is 4.79 Å². The molecule has 2 heterocycles. The molecule has 108 valence electrons. The zero-order valence-electron chi connectivity index (χ0n) is 11.9. The summed E-state index contributed by atoms with van der Waals surface area (Å²) in [6, 6.07) is 3.81. The van der Waals surface area contributed by atoms with Crippen LogP contribution in [0.25, 0.3) is 0 Å². The van der Waals surface area contributed by atoms with Gasteiger partial charge in [-0.05, 0) is 37.7 Å². The van der Waals surface area contributed by atoms with Crippen molar-refractivity contribution in [2.75, 3.05) is 5.32 Å². The largest absolute Gasteiger partial charge is 0.361 e. The number of aryl methyl sites for hydroxylation is 1. The number of nitrogens with zero attached hydrogens (tertiary/aromatic N) is 2. The van der Waals surface area contributed by atoms with Crippen LogP contribution in [0.4, 0.5) is 5.00 Å². The number of hydrogen-bond acceptors (Lipinski definition) is 5. The summed E-state index contributed by atoms with van der Waals surface area (Å²) in [6.07, 6.45) is 2.98. The third-order valence-electron chi connectivity index (χ3n) is 3.71. The molecule has 0 fully saturated rings. The number of fused-ring (bicyclic) bond motifs is 1. The molecule has 1 aliphatic rings. The van der Waals surface area contributed by atoms with Gasteiger partial charge in [-0.15, -0.1) is 11.3 Å². The number of hydrogen-bond donors (Lipinski definition) is 1. The monoisotopic (exact) mass is 301 g/mol. The van der Waals surface area contributed by atoms with Crippen molar-refractivity contribution in [2.45, 2.75) is 33.1 Å². The molecular formula is C15H15N3O2S. The Morgan fingerprint density at radius 3 is 3.10 bits per heavy atom. The topological polar surface area (TPSA) is 78.9 Å². The molecule has 0 aliphatic heterocycles. The molecule has 1 aliphatic carbocycles. The summed E-state index contributed by atoms with van der Waals surface area (Å²) in [5.74, 6) is 0.874. The van der Waals surface area contributed by atoms with Crippen LogP contribution in [0.1, 0.15) is 45.6 Å². The van der Waals surface area contributed by atoms with Crippen molar-refractivity contribution < 1.29 is 9.32 Å². The maximum absolute atomic E-state index is 12.1. The summed E-state index contributed by atoms with van der Waals surface area (Å²) in [4.78, 5) is 13.4. The van der Waals surface area contributed by atoms with Crippen LogP contribution in [-0.4, -0.2) is 11.1 Å². The first-order chi connectivity index (χ1) is 10.1. The number of nitrogens with one attached hydrogen (secondary N) is 1. The van der Waals surface area contributed by atoms with Gasteiger partial charge in [0, 0.05) is 10.9 Å². The molecule has 2 aromatic heterocycles. The van der Waals surface area contributed by atoms with Crippen LogP contribution in [0.5, 0.6) is 0 Å². The number of carbonyl (C=O) groups excluding carboxylic acids is 1. The highest BCUT2D eigenvalue weighted by atomic mass is 32.1. The molecule has 21 heavy (non-hydrogen) atoms. The molecule has 6 heteroatoms. The molecule has 0 bridgehead atoms. The first kappa shape index (κ1) is 13.8. The van der Waals surface area contributed by atoms with Crippen LogP contribution in [0.2, 0.25) is 0 Å². The maximum atomic E-state index is 12.1. The third-order valence-corrected chi connectivity index (χ3v) is 4.88. The summed E-state index contributed by atoms with van der Waals surface area (Å²) in [6.45, 7) is 3.95. The van der Waals surface area contributed by atoms with Crippen molar-refractivity contribution in [3.8, 4) is 6.07 Å². The first-order valence-electron chi connectivity index (χ1n) is 6.87. The smallest absolute Gasteiger partial charge is 0.278 e. The summed E-state index contributed by atoms with van der Waals surface area (Å²) in [5, 5.41) is 16.5. The standard InChI is InChI=1S/C15H15N3O2S/c1-8-3-4-10-11(7-16)15(21-13(10)5-8)17-14(19)12-6-9(2)20-18-12/h6,8H,3-5H2,1-2H3,(H,17,19)/t8-/m1/s1. The molecule has 0 aromatic carbocycles. The Balaban J connectivity index is 1.89. The lowest BCUT2D eigenvalue weighted by molar-refractivity contribution is 0.101. The second kappa shape index (κ2) is 5.34. The van der Waals surface area contributed by atoms with E-state index in [0.29, 0.717) is 22.2 Å². The Morgan fingerprint density at radius 2 is 2.43 bits per heavy atom. The number of thiophene rings is 1. The Hall–Kier alpha value is -2.13. The number of aromatic nitrogens is 1. The second-order valence-electron chi connectivity index (χ2n) is 5.44. The van der Waals surface area contributed by atoms with E-state index < -0.39 is 0 Å². The Kier molecular flexibility index (Phi) is 3.52. The highest BCUT2D eigenvalue weighted by Gasteiger charge is 2.25. The number of rotatable bonds is 2. The molecule has 0 saturated carbocycles. The number of nitriles is 1. The van der Waals surface area contributed by atoms with Gasteiger partial charge in [-0.2, -0.15) is 5.26 Å². The average Bonchev–Trinajstić information content (AvgIpc) is 3.01. The van der Waals surface area contributed by atoms with Crippen LogP contribution in [0, 0.1) is 24.2 Å². The number of carbonyl (C=O) groups is 1. The third kappa shape index (κ3) is 2.57. The van der Waals surface area contributed by atoms with Crippen molar-refractivity contribution in [3.05, 3.63) is 33.5 Å². The fourth-order valence-electron chi connectivity index (χ4n) is 2.60. The van der Waals surface area contributed by atoms with Gasteiger partial charge in [0.05, 0.1) is 5.56 Å². The molecule has 0 spiro atoms. The van der Waals surface area contributed by atoms with E-state index >= 15 is 0 Å². The van der Waals surface area contributed by atoms with Crippen LogP contribution in [0.15, 0.2) is 10.6 Å². The highest BCUT2D eigenvalue weighted by Crippen LogP contribution is 2.39. The summed E-state index contributed by atoms with van der Waals surface area (Å²) < 4.78 is 4.90. The molecular weight excluding hydrogens is 286 g/mol. The van der Waals surface area contributed by atoms with Crippen molar-refractivity contribution in [3.63, 3.8) is 0 Å². The summed E-state index contributed by atoms with van der Waals surface area (Å²) in [7, 11) is 0. The lowest BCUT2D eigenvalue weighted by Gasteiger charge is -2.17. The number of anilines is 1. The molecule has 5 nitrogen and oxygen atoms in total. The second-order valence-corrected chi connectivity index (χ2v) is 6.55. The predicted octanol–water partition coefficient (Wildman–Crippen LogP) is 3.29. The van der Waals surface area contributed by atoms with E-state index in [2.05, 4.69) is 23.5 Å². The zero-order chi connectivity index (χ0) is 15.0. The minimum Gasteiger partial charge on any atom is -0.361 e. The van der Waals surface area contributed by atoms with Crippen molar-refractivity contribution in [2.24, 2.45) is 5.92 Å². The molecule has 3 rings (SSSR count). The van der Waals surface area contributed by atoms with Crippen molar-refractivity contribution >= 4 is 22.2 Å². The van der Waals surface area contributed by atoms with E-state index in [1.807, 2.05) is 0 Å².